The first-order valence-corrected chi connectivity index (χ1v) is 10.5. The van der Waals surface area contributed by atoms with Gasteiger partial charge in [-0.2, -0.15) is 4.31 Å². The summed E-state index contributed by atoms with van der Waals surface area (Å²) in [6.07, 6.45) is 5.92. The lowest BCUT2D eigenvalue weighted by atomic mass is 10.1. The van der Waals surface area contributed by atoms with Gasteiger partial charge < -0.3 is 9.64 Å². The molecule has 1 heterocycles. The lowest BCUT2D eigenvalue weighted by molar-refractivity contribution is 0.0790. The summed E-state index contributed by atoms with van der Waals surface area (Å²) in [6, 6.07) is 4.45. The summed E-state index contributed by atoms with van der Waals surface area (Å²) in [4.78, 5) is 14.4. The maximum absolute atomic E-state index is 13.3. The summed E-state index contributed by atoms with van der Waals surface area (Å²) in [5.41, 5.74) is 0.294. The molecule has 1 aromatic rings. The molecule has 2 rings (SSSR count). The highest BCUT2D eigenvalue weighted by Gasteiger charge is 2.33. The van der Waals surface area contributed by atoms with Gasteiger partial charge in [-0.1, -0.05) is 18.6 Å². The number of amides is 1. The van der Waals surface area contributed by atoms with Gasteiger partial charge in [-0.15, -0.1) is 13.2 Å². The number of nitrogens with zero attached hydrogens (tertiary/aromatic N) is 2. The third kappa shape index (κ3) is 4.59. The van der Waals surface area contributed by atoms with Crippen LogP contribution in [-0.4, -0.2) is 56.3 Å². The lowest BCUT2D eigenvalue weighted by Crippen LogP contribution is -2.42. The molecule has 0 radical (unpaired) electrons. The van der Waals surface area contributed by atoms with E-state index in [2.05, 4.69) is 13.2 Å². The van der Waals surface area contributed by atoms with E-state index in [9.17, 15) is 13.2 Å². The second-order valence-electron chi connectivity index (χ2n) is 6.61. The largest absolute Gasteiger partial charge is 0.495 e. The van der Waals surface area contributed by atoms with E-state index >= 15 is 0 Å². The molecule has 1 aliphatic heterocycles. The number of carbonyl (C=O) groups is 1. The number of piperidine rings is 1. The average molecular weight is 393 g/mol. The van der Waals surface area contributed by atoms with Crippen molar-refractivity contribution in [2.24, 2.45) is 0 Å². The predicted molar refractivity (Wildman–Crippen MR) is 106 cm³/mol. The fourth-order valence-electron chi connectivity index (χ4n) is 3.30. The van der Waals surface area contributed by atoms with Crippen LogP contribution >= 0.6 is 0 Å². The first kappa shape index (κ1) is 21.2. The third-order valence-corrected chi connectivity index (χ3v) is 6.76. The Morgan fingerprint density at radius 1 is 1.30 bits per heavy atom. The summed E-state index contributed by atoms with van der Waals surface area (Å²) in [5.74, 6) is -0.0380. The van der Waals surface area contributed by atoms with E-state index in [1.165, 1.54) is 23.5 Å². The Bertz CT molecular complexity index is 794. The van der Waals surface area contributed by atoms with Crippen molar-refractivity contribution in [1.82, 2.24) is 9.21 Å². The Morgan fingerprint density at radius 2 is 1.96 bits per heavy atom. The maximum atomic E-state index is 13.3. The summed E-state index contributed by atoms with van der Waals surface area (Å²) in [7, 11) is -2.34. The molecule has 0 N–H and O–H groups in total. The van der Waals surface area contributed by atoms with Gasteiger partial charge in [0.2, 0.25) is 10.0 Å². The smallest absolute Gasteiger partial charge is 0.254 e. The van der Waals surface area contributed by atoms with Crippen LogP contribution in [0, 0.1) is 0 Å². The number of ether oxygens (including phenoxy) is 1. The molecule has 0 saturated carbocycles. The highest BCUT2D eigenvalue weighted by Crippen LogP contribution is 2.32. The van der Waals surface area contributed by atoms with Gasteiger partial charge in [-0.05, 0) is 38.0 Å². The van der Waals surface area contributed by atoms with E-state index < -0.39 is 10.0 Å². The molecule has 0 spiro atoms. The van der Waals surface area contributed by atoms with E-state index in [0.29, 0.717) is 25.2 Å². The number of carbonyl (C=O) groups excluding carboxylic acids is 1. The number of methoxy groups -OCH3 is 1. The fourth-order valence-corrected chi connectivity index (χ4v) is 5.18. The van der Waals surface area contributed by atoms with E-state index in [0.717, 1.165) is 19.3 Å². The van der Waals surface area contributed by atoms with Crippen molar-refractivity contribution >= 4 is 15.9 Å². The molecule has 1 amide bonds. The van der Waals surface area contributed by atoms with Gasteiger partial charge in [0.05, 0.1) is 7.11 Å². The van der Waals surface area contributed by atoms with Crippen molar-refractivity contribution in [3.63, 3.8) is 0 Å². The zero-order chi connectivity index (χ0) is 20.0. The number of benzene rings is 1. The van der Waals surface area contributed by atoms with Gasteiger partial charge in [0.15, 0.2) is 0 Å². The Balaban J connectivity index is 2.47. The van der Waals surface area contributed by atoms with Crippen LogP contribution in [0.2, 0.25) is 0 Å². The summed E-state index contributed by atoms with van der Waals surface area (Å²) < 4.78 is 33.3. The minimum absolute atomic E-state index is 0.0294. The highest BCUT2D eigenvalue weighted by atomic mass is 32.2. The third-order valence-electron chi connectivity index (χ3n) is 4.73. The van der Waals surface area contributed by atoms with Gasteiger partial charge in [0.1, 0.15) is 10.6 Å². The van der Waals surface area contributed by atoms with E-state index in [4.69, 9.17) is 4.74 Å². The van der Waals surface area contributed by atoms with E-state index in [1.54, 1.807) is 23.1 Å². The van der Waals surface area contributed by atoms with Gasteiger partial charge in [0.25, 0.3) is 5.91 Å². The second kappa shape index (κ2) is 9.19. The molecule has 0 aromatic heterocycles. The fraction of sp³-hybridized carbons (Fsp3) is 0.450. The van der Waals surface area contributed by atoms with Crippen molar-refractivity contribution in [3.05, 3.63) is 49.1 Å². The molecule has 1 saturated heterocycles. The van der Waals surface area contributed by atoms with Crippen LogP contribution in [0.25, 0.3) is 0 Å². The van der Waals surface area contributed by atoms with Crippen LogP contribution in [0.1, 0.15) is 36.5 Å². The molecule has 0 aliphatic carbocycles. The minimum atomic E-state index is -3.76. The van der Waals surface area contributed by atoms with Crippen LogP contribution < -0.4 is 4.74 Å². The summed E-state index contributed by atoms with van der Waals surface area (Å²) in [5, 5.41) is 0. The zero-order valence-electron chi connectivity index (χ0n) is 16.1. The molecule has 1 atom stereocenters. The predicted octanol–water partition coefficient (Wildman–Crippen LogP) is 3.07. The molecule has 6 nitrogen and oxygen atoms in total. The Morgan fingerprint density at radius 3 is 2.52 bits per heavy atom. The van der Waals surface area contributed by atoms with Crippen molar-refractivity contribution < 1.29 is 17.9 Å². The Hall–Kier alpha value is -2.12. The van der Waals surface area contributed by atoms with E-state index in [-0.39, 0.29) is 22.6 Å². The van der Waals surface area contributed by atoms with Crippen LogP contribution in [0.5, 0.6) is 5.75 Å². The summed E-state index contributed by atoms with van der Waals surface area (Å²) >= 11 is 0. The maximum Gasteiger partial charge on any atom is 0.254 e. The van der Waals surface area contributed by atoms with Gasteiger partial charge in [0, 0.05) is 31.2 Å². The second-order valence-corrected chi connectivity index (χ2v) is 8.47. The van der Waals surface area contributed by atoms with Gasteiger partial charge in [-0.3, -0.25) is 4.79 Å². The van der Waals surface area contributed by atoms with Crippen molar-refractivity contribution in [3.8, 4) is 5.75 Å². The monoisotopic (exact) mass is 392 g/mol. The van der Waals surface area contributed by atoms with Crippen LogP contribution in [-0.2, 0) is 10.0 Å². The average Bonchev–Trinajstić information content (AvgIpc) is 2.67. The van der Waals surface area contributed by atoms with Crippen molar-refractivity contribution in [2.45, 2.75) is 37.1 Å². The quantitative estimate of drug-likeness (QED) is 0.638. The van der Waals surface area contributed by atoms with Gasteiger partial charge >= 0.3 is 0 Å². The SMILES string of the molecule is C=CCN(CC=C)C(=O)c1ccc(OC)c(S(=O)(=O)N2CCCCC2C)c1. The number of rotatable bonds is 8. The molecule has 1 unspecified atom stereocenters. The normalized spacial score (nSPS) is 17.9. The first-order valence-electron chi connectivity index (χ1n) is 9.07. The van der Waals surface area contributed by atoms with E-state index in [1.807, 2.05) is 6.92 Å². The topological polar surface area (TPSA) is 66.9 Å². The number of hydrogen-bond acceptors (Lipinski definition) is 4. The number of sulfonamides is 1. The molecule has 0 bridgehead atoms. The molecule has 148 valence electrons. The summed E-state index contributed by atoms with van der Waals surface area (Å²) in [6.45, 7) is 10.4. The van der Waals surface area contributed by atoms with Crippen LogP contribution in [0.4, 0.5) is 0 Å². The molecule has 1 aliphatic rings. The van der Waals surface area contributed by atoms with Crippen LogP contribution in [0.15, 0.2) is 48.4 Å². The molecular formula is C20H28N2O4S. The zero-order valence-corrected chi connectivity index (χ0v) is 16.9. The molecule has 1 fully saturated rings. The molecule has 27 heavy (non-hydrogen) atoms. The molecular weight excluding hydrogens is 364 g/mol. The standard InChI is InChI=1S/C20H28N2O4S/c1-5-12-21(13-6-2)20(23)17-10-11-18(26-4)19(15-17)27(24,25)22-14-8-7-9-16(22)3/h5-6,10-11,15-16H,1-2,7-9,12-14H2,3-4H3. The first-order chi connectivity index (χ1) is 12.9. The number of hydrogen-bond donors (Lipinski definition) is 0. The Labute approximate surface area is 162 Å². The molecule has 7 heteroatoms. The van der Waals surface area contributed by atoms with Gasteiger partial charge in [-0.25, -0.2) is 8.42 Å². The Kier molecular flexibility index (Phi) is 7.21. The minimum Gasteiger partial charge on any atom is -0.495 e. The highest BCUT2D eigenvalue weighted by molar-refractivity contribution is 7.89. The van der Waals surface area contributed by atoms with Crippen LogP contribution in [0.3, 0.4) is 0 Å². The van der Waals surface area contributed by atoms with Crippen molar-refractivity contribution in [1.29, 1.82) is 0 Å². The van der Waals surface area contributed by atoms with Crippen molar-refractivity contribution in [2.75, 3.05) is 26.7 Å². The lowest BCUT2D eigenvalue weighted by Gasteiger charge is -2.32. The molecule has 1 aromatic carbocycles.